The zero-order valence-electron chi connectivity index (χ0n) is 27.7. The molecule has 0 saturated heterocycles. The highest BCUT2D eigenvalue weighted by atomic mass is 16.3. The molecule has 4 heterocycles. The van der Waals surface area contributed by atoms with E-state index in [0.717, 1.165) is 77.0 Å². The summed E-state index contributed by atoms with van der Waals surface area (Å²) < 4.78 is 8.82. The molecule has 0 spiro atoms. The van der Waals surface area contributed by atoms with E-state index in [-0.39, 0.29) is 0 Å². The second kappa shape index (κ2) is 11.2. The SMILES string of the molecule is c1ccc(-n2c3ccccc3c3ccc(-c4nc(-c5ccc6ccccc6c5)nc(-c5cccc6oc7c(ccc8cccnc87)c56)n4)cc32)cc1. The minimum Gasteiger partial charge on any atom is -0.454 e. The first-order valence-electron chi connectivity index (χ1n) is 17.3. The van der Waals surface area contributed by atoms with Crippen molar-refractivity contribution in [2.24, 2.45) is 0 Å². The van der Waals surface area contributed by atoms with E-state index < -0.39 is 0 Å². The fourth-order valence-corrected chi connectivity index (χ4v) is 7.66. The van der Waals surface area contributed by atoms with Crippen LogP contribution in [0.1, 0.15) is 0 Å². The Morgan fingerprint density at radius 2 is 1.15 bits per heavy atom. The Labute approximate surface area is 297 Å². The van der Waals surface area contributed by atoms with Gasteiger partial charge in [-0.15, -0.1) is 0 Å². The first kappa shape index (κ1) is 28.6. The van der Waals surface area contributed by atoms with E-state index in [2.05, 4.69) is 143 Å². The van der Waals surface area contributed by atoms with Crippen molar-refractivity contribution in [3.05, 3.63) is 164 Å². The average Bonchev–Trinajstić information content (AvgIpc) is 3.77. The summed E-state index contributed by atoms with van der Waals surface area (Å²) in [4.78, 5) is 20.3. The second-order valence-electron chi connectivity index (χ2n) is 13.1. The molecule has 0 saturated carbocycles. The number of furan rings is 1. The monoisotopic (exact) mass is 665 g/mol. The molecule has 0 radical (unpaired) electrons. The van der Waals surface area contributed by atoms with Crippen LogP contribution in [0.2, 0.25) is 0 Å². The van der Waals surface area contributed by atoms with E-state index in [9.17, 15) is 0 Å². The number of benzene rings is 7. The number of para-hydroxylation sites is 2. The zero-order valence-corrected chi connectivity index (χ0v) is 27.7. The van der Waals surface area contributed by atoms with Gasteiger partial charge in [0, 0.05) is 55.5 Å². The van der Waals surface area contributed by atoms with Gasteiger partial charge in [-0.05, 0) is 59.3 Å². The van der Waals surface area contributed by atoms with Gasteiger partial charge < -0.3 is 8.98 Å². The summed E-state index contributed by atoms with van der Waals surface area (Å²) >= 11 is 0. The fourth-order valence-electron chi connectivity index (χ4n) is 7.66. The molecule has 242 valence electrons. The first-order valence-corrected chi connectivity index (χ1v) is 17.3. The fraction of sp³-hybridized carbons (Fsp3) is 0. The van der Waals surface area contributed by atoms with Crippen LogP contribution in [0.3, 0.4) is 0 Å². The summed E-state index contributed by atoms with van der Waals surface area (Å²) in [5.41, 5.74) is 8.36. The molecule has 0 aliphatic carbocycles. The number of rotatable bonds is 4. The summed E-state index contributed by atoms with van der Waals surface area (Å²) in [6.07, 6.45) is 1.80. The van der Waals surface area contributed by atoms with Crippen molar-refractivity contribution in [2.75, 3.05) is 0 Å². The van der Waals surface area contributed by atoms with Crippen molar-refractivity contribution in [2.45, 2.75) is 0 Å². The maximum absolute atomic E-state index is 6.50. The number of hydrogen-bond acceptors (Lipinski definition) is 5. The lowest BCUT2D eigenvalue weighted by Crippen LogP contribution is -2.01. The molecule has 0 fully saturated rings. The number of nitrogens with zero attached hydrogens (tertiary/aromatic N) is 5. The minimum absolute atomic E-state index is 0.575. The highest BCUT2D eigenvalue weighted by Gasteiger charge is 2.20. The topological polar surface area (TPSA) is 69.6 Å². The largest absolute Gasteiger partial charge is 0.454 e. The molecule has 0 unspecified atom stereocenters. The van der Waals surface area contributed by atoms with Crippen LogP contribution >= 0.6 is 0 Å². The molecular weight excluding hydrogens is 639 g/mol. The predicted octanol–water partition coefficient (Wildman–Crippen LogP) is 11.6. The average molecular weight is 666 g/mol. The molecule has 0 N–H and O–H groups in total. The van der Waals surface area contributed by atoms with E-state index in [1.165, 1.54) is 10.8 Å². The van der Waals surface area contributed by atoms with Crippen LogP contribution in [0.5, 0.6) is 0 Å². The van der Waals surface area contributed by atoms with Crippen LogP contribution in [-0.4, -0.2) is 24.5 Å². The summed E-state index contributed by atoms with van der Waals surface area (Å²) in [5.74, 6) is 1.77. The van der Waals surface area contributed by atoms with Crippen LogP contribution in [0, 0.1) is 0 Å². The van der Waals surface area contributed by atoms with Crippen molar-refractivity contribution < 1.29 is 4.42 Å². The number of pyridine rings is 1. The molecule has 0 atom stereocenters. The second-order valence-corrected chi connectivity index (χ2v) is 13.1. The number of fused-ring (bicyclic) bond motifs is 9. The Hall–Kier alpha value is -7.18. The standard InChI is InChI=1S/C46H27N5O/c1-2-13-33(14-3-1)51-38-17-7-6-15-34(38)35-23-22-32(27-39(35)51)45-48-44(31-20-19-28-10-4-5-11-30(28)26-31)49-46(50-45)37-16-8-18-40-41(37)36-24-21-29-12-9-25-47-42(29)43(36)52-40/h1-27H. The summed E-state index contributed by atoms with van der Waals surface area (Å²) in [6, 6.07) is 54.5. The van der Waals surface area contributed by atoms with E-state index in [0.29, 0.717) is 17.5 Å². The molecular formula is C46H27N5O. The van der Waals surface area contributed by atoms with Crippen LogP contribution < -0.4 is 0 Å². The van der Waals surface area contributed by atoms with Gasteiger partial charge in [0.25, 0.3) is 0 Å². The van der Waals surface area contributed by atoms with Crippen LogP contribution in [0.4, 0.5) is 0 Å². The summed E-state index contributed by atoms with van der Waals surface area (Å²) in [5, 5.41) is 7.60. The first-order chi connectivity index (χ1) is 25.8. The highest BCUT2D eigenvalue weighted by Crippen LogP contribution is 2.40. The van der Waals surface area contributed by atoms with E-state index >= 15 is 0 Å². The zero-order chi connectivity index (χ0) is 34.2. The van der Waals surface area contributed by atoms with Crippen LogP contribution in [0.25, 0.3) is 105 Å². The van der Waals surface area contributed by atoms with E-state index in [4.69, 9.17) is 19.4 Å². The molecule has 11 aromatic rings. The molecule has 0 aliphatic heterocycles. The summed E-state index contributed by atoms with van der Waals surface area (Å²) in [6.45, 7) is 0. The Bertz CT molecular complexity index is 3200. The Morgan fingerprint density at radius 1 is 0.462 bits per heavy atom. The Morgan fingerprint density at radius 3 is 2.06 bits per heavy atom. The smallest absolute Gasteiger partial charge is 0.164 e. The molecule has 0 bridgehead atoms. The number of aromatic nitrogens is 5. The van der Waals surface area contributed by atoms with E-state index in [1.807, 2.05) is 24.3 Å². The van der Waals surface area contributed by atoms with Crippen LogP contribution in [-0.2, 0) is 0 Å². The lowest BCUT2D eigenvalue weighted by atomic mass is 10.0. The van der Waals surface area contributed by atoms with Gasteiger partial charge in [-0.1, -0.05) is 109 Å². The maximum atomic E-state index is 6.50. The van der Waals surface area contributed by atoms with Gasteiger partial charge in [-0.25, -0.2) is 15.0 Å². The Kier molecular flexibility index (Phi) is 6.15. The molecule has 0 amide bonds. The molecule has 6 heteroatoms. The van der Waals surface area contributed by atoms with Crippen LogP contribution in [0.15, 0.2) is 168 Å². The highest BCUT2D eigenvalue weighted by molar-refractivity contribution is 6.18. The minimum atomic E-state index is 0.575. The molecule has 0 aliphatic rings. The third-order valence-electron chi connectivity index (χ3n) is 10.1. The van der Waals surface area contributed by atoms with Gasteiger partial charge in [0.15, 0.2) is 23.1 Å². The molecule has 11 rings (SSSR count). The van der Waals surface area contributed by atoms with Crippen molar-refractivity contribution in [1.29, 1.82) is 0 Å². The molecule has 52 heavy (non-hydrogen) atoms. The maximum Gasteiger partial charge on any atom is 0.164 e. The lowest BCUT2D eigenvalue weighted by Gasteiger charge is -2.11. The van der Waals surface area contributed by atoms with Gasteiger partial charge in [0.05, 0.1) is 11.0 Å². The molecule has 6 nitrogen and oxygen atoms in total. The third kappa shape index (κ3) is 4.38. The molecule has 4 aromatic heterocycles. The van der Waals surface area contributed by atoms with Crippen molar-refractivity contribution in [3.63, 3.8) is 0 Å². The quantitative estimate of drug-likeness (QED) is 0.187. The molecule has 7 aromatic carbocycles. The van der Waals surface area contributed by atoms with Crippen molar-refractivity contribution in [3.8, 4) is 39.9 Å². The van der Waals surface area contributed by atoms with Gasteiger partial charge >= 0.3 is 0 Å². The normalized spacial score (nSPS) is 11.8. The predicted molar refractivity (Wildman–Crippen MR) is 211 cm³/mol. The van der Waals surface area contributed by atoms with Gasteiger partial charge in [0.2, 0.25) is 0 Å². The van der Waals surface area contributed by atoms with Gasteiger partial charge in [0.1, 0.15) is 11.1 Å². The number of hydrogen-bond donors (Lipinski definition) is 0. The summed E-state index contributed by atoms with van der Waals surface area (Å²) in [7, 11) is 0. The van der Waals surface area contributed by atoms with Crippen molar-refractivity contribution in [1.82, 2.24) is 24.5 Å². The third-order valence-corrected chi connectivity index (χ3v) is 10.1. The van der Waals surface area contributed by atoms with Crippen molar-refractivity contribution >= 4 is 65.4 Å². The van der Waals surface area contributed by atoms with E-state index in [1.54, 1.807) is 6.20 Å². The van der Waals surface area contributed by atoms with Gasteiger partial charge in [-0.2, -0.15) is 0 Å². The lowest BCUT2D eigenvalue weighted by molar-refractivity contribution is 0.671. The Balaban J connectivity index is 1.18. The van der Waals surface area contributed by atoms with Gasteiger partial charge in [-0.3, -0.25) is 4.98 Å².